The number of hydrogen-bond donors (Lipinski definition) is 1. The number of aliphatic hydroxyl groups is 1. The Labute approximate surface area is 76.2 Å². The Balaban J connectivity index is 2.81. The molecule has 0 saturated heterocycles. The Morgan fingerprint density at radius 2 is 2.46 bits per heavy atom. The van der Waals surface area contributed by atoms with Crippen LogP contribution in [0.25, 0.3) is 0 Å². The van der Waals surface area contributed by atoms with Gasteiger partial charge in [0, 0.05) is 12.5 Å². The molecule has 0 aliphatic carbocycles. The second kappa shape index (κ2) is 4.57. The minimum atomic E-state index is -0.840. The number of aldehydes is 1. The zero-order valence-electron chi connectivity index (χ0n) is 7.30. The Bertz CT molecular complexity index is 288. The lowest BCUT2D eigenvalue weighted by Gasteiger charge is -2.07. The van der Waals surface area contributed by atoms with Gasteiger partial charge in [0.05, 0.1) is 12.8 Å². The summed E-state index contributed by atoms with van der Waals surface area (Å²) in [5.74, 6) is 0.433. The zero-order valence-corrected chi connectivity index (χ0v) is 7.30. The molecule has 1 aromatic heterocycles. The van der Waals surface area contributed by atoms with Gasteiger partial charge in [0.1, 0.15) is 12.4 Å². The van der Waals surface area contributed by atoms with Gasteiger partial charge in [-0.1, -0.05) is 6.07 Å². The number of carbonyl (C=O) groups is 1. The molecule has 0 fully saturated rings. The van der Waals surface area contributed by atoms with Crippen LogP contribution in [-0.2, 0) is 4.79 Å². The van der Waals surface area contributed by atoms with Gasteiger partial charge in [-0.2, -0.15) is 0 Å². The van der Waals surface area contributed by atoms with Gasteiger partial charge in [-0.15, -0.1) is 0 Å². The lowest BCUT2D eigenvalue weighted by Crippen LogP contribution is -2.01. The molecule has 1 rings (SSSR count). The number of rotatable bonds is 4. The summed E-state index contributed by atoms with van der Waals surface area (Å²) in [7, 11) is 1.50. The van der Waals surface area contributed by atoms with E-state index in [0.717, 1.165) is 0 Å². The van der Waals surface area contributed by atoms with Crippen LogP contribution in [0.3, 0.4) is 0 Å². The van der Waals surface area contributed by atoms with E-state index in [1.165, 1.54) is 7.11 Å². The summed E-state index contributed by atoms with van der Waals surface area (Å²) >= 11 is 0. The maximum absolute atomic E-state index is 10.1. The van der Waals surface area contributed by atoms with Crippen LogP contribution in [0.15, 0.2) is 18.2 Å². The number of hydrogen-bond acceptors (Lipinski definition) is 4. The van der Waals surface area contributed by atoms with Gasteiger partial charge in [-0.05, 0) is 6.07 Å². The molecule has 1 unspecified atom stereocenters. The third-order valence-electron chi connectivity index (χ3n) is 1.62. The first kappa shape index (κ1) is 9.67. The van der Waals surface area contributed by atoms with Crippen LogP contribution in [0, 0.1) is 0 Å². The van der Waals surface area contributed by atoms with E-state index in [0.29, 0.717) is 17.9 Å². The molecule has 0 saturated carbocycles. The standard InChI is InChI=1S/C9H11NO3/c1-13-9-4-2-3-7(10-9)8(12)5-6-11/h2-4,6,8,12H,5H2,1H3. The van der Waals surface area contributed by atoms with E-state index in [-0.39, 0.29) is 6.42 Å². The molecular weight excluding hydrogens is 170 g/mol. The van der Waals surface area contributed by atoms with Crippen molar-refractivity contribution in [3.63, 3.8) is 0 Å². The fraction of sp³-hybridized carbons (Fsp3) is 0.333. The van der Waals surface area contributed by atoms with Crippen LogP contribution in [0.2, 0.25) is 0 Å². The van der Waals surface area contributed by atoms with Crippen molar-refractivity contribution in [3.8, 4) is 5.88 Å². The minimum absolute atomic E-state index is 0.0557. The SMILES string of the molecule is COc1cccc(C(O)CC=O)n1. The molecule has 70 valence electrons. The van der Waals surface area contributed by atoms with Crippen LogP contribution in [0.1, 0.15) is 18.2 Å². The third kappa shape index (κ3) is 2.52. The van der Waals surface area contributed by atoms with Crippen LogP contribution in [0.4, 0.5) is 0 Å². The number of ether oxygens (including phenoxy) is 1. The highest BCUT2D eigenvalue weighted by atomic mass is 16.5. The molecule has 13 heavy (non-hydrogen) atoms. The number of aromatic nitrogens is 1. The first-order valence-corrected chi connectivity index (χ1v) is 3.90. The van der Waals surface area contributed by atoms with Gasteiger partial charge in [-0.3, -0.25) is 0 Å². The van der Waals surface area contributed by atoms with E-state index in [1.807, 2.05) is 0 Å². The van der Waals surface area contributed by atoms with Gasteiger partial charge in [0.25, 0.3) is 0 Å². The van der Waals surface area contributed by atoms with Crippen LogP contribution >= 0.6 is 0 Å². The zero-order chi connectivity index (χ0) is 9.68. The highest BCUT2D eigenvalue weighted by molar-refractivity contribution is 5.50. The molecular formula is C9H11NO3. The summed E-state index contributed by atoms with van der Waals surface area (Å²) in [6.45, 7) is 0. The monoisotopic (exact) mass is 181 g/mol. The summed E-state index contributed by atoms with van der Waals surface area (Å²) in [5, 5.41) is 9.39. The van der Waals surface area contributed by atoms with Crippen molar-refractivity contribution >= 4 is 6.29 Å². The number of nitrogens with zero attached hydrogens (tertiary/aromatic N) is 1. The molecule has 0 aliphatic heterocycles. The number of pyridine rings is 1. The summed E-state index contributed by atoms with van der Waals surface area (Å²) in [5.41, 5.74) is 0.450. The van der Waals surface area contributed by atoms with Gasteiger partial charge in [0.15, 0.2) is 0 Å². The van der Waals surface area contributed by atoms with Crippen LogP contribution in [0.5, 0.6) is 5.88 Å². The fourth-order valence-corrected chi connectivity index (χ4v) is 0.942. The van der Waals surface area contributed by atoms with Gasteiger partial charge in [0.2, 0.25) is 5.88 Å². The Hall–Kier alpha value is -1.42. The fourth-order valence-electron chi connectivity index (χ4n) is 0.942. The molecule has 0 aromatic carbocycles. The van der Waals surface area contributed by atoms with Crippen molar-refractivity contribution in [1.29, 1.82) is 0 Å². The molecule has 0 aliphatic rings. The number of methoxy groups -OCH3 is 1. The van der Waals surface area contributed by atoms with Crippen molar-refractivity contribution in [2.45, 2.75) is 12.5 Å². The molecule has 1 N–H and O–H groups in total. The third-order valence-corrected chi connectivity index (χ3v) is 1.62. The van der Waals surface area contributed by atoms with E-state index >= 15 is 0 Å². The Kier molecular flexibility index (Phi) is 3.40. The lowest BCUT2D eigenvalue weighted by molar-refractivity contribution is -0.109. The lowest BCUT2D eigenvalue weighted by atomic mass is 10.2. The molecule has 1 heterocycles. The van der Waals surface area contributed by atoms with E-state index in [2.05, 4.69) is 4.98 Å². The van der Waals surface area contributed by atoms with Crippen molar-refractivity contribution in [2.75, 3.05) is 7.11 Å². The average Bonchev–Trinajstić information content (AvgIpc) is 2.18. The summed E-state index contributed by atoms with van der Waals surface area (Å²) < 4.78 is 4.87. The van der Waals surface area contributed by atoms with Crippen LogP contribution in [-0.4, -0.2) is 23.5 Å². The Morgan fingerprint density at radius 3 is 3.08 bits per heavy atom. The number of aliphatic hydroxyl groups excluding tert-OH is 1. The summed E-state index contributed by atoms with van der Waals surface area (Å²) in [4.78, 5) is 14.1. The predicted octanol–water partition coefficient (Wildman–Crippen LogP) is 0.713. The summed E-state index contributed by atoms with van der Waals surface area (Å²) in [6.07, 6.45) is -0.126. The van der Waals surface area contributed by atoms with Crippen molar-refractivity contribution in [1.82, 2.24) is 4.98 Å². The molecule has 4 heteroatoms. The summed E-state index contributed by atoms with van der Waals surface area (Å²) in [6, 6.07) is 5.04. The van der Waals surface area contributed by atoms with Crippen molar-refractivity contribution in [3.05, 3.63) is 23.9 Å². The average molecular weight is 181 g/mol. The van der Waals surface area contributed by atoms with Crippen molar-refractivity contribution < 1.29 is 14.6 Å². The van der Waals surface area contributed by atoms with Gasteiger partial charge in [-0.25, -0.2) is 4.98 Å². The van der Waals surface area contributed by atoms with E-state index < -0.39 is 6.10 Å². The topological polar surface area (TPSA) is 59.4 Å². The quantitative estimate of drug-likeness (QED) is 0.695. The highest BCUT2D eigenvalue weighted by Crippen LogP contribution is 2.15. The van der Waals surface area contributed by atoms with E-state index in [1.54, 1.807) is 18.2 Å². The van der Waals surface area contributed by atoms with E-state index in [4.69, 9.17) is 4.74 Å². The largest absolute Gasteiger partial charge is 0.481 e. The normalized spacial score (nSPS) is 12.2. The molecule has 1 atom stereocenters. The molecule has 0 radical (unpaired) electrons. The van der Waals surface area contributed by atoms with Gasteiger partial charge >= 0.3 is 0 Å². The molecule has 4 nitrogen and oxygen atoms in total. The second-order valence-electron chi connectivity index (χ2n) is 2.52. The van der Waals surface area contributed by atoms with E-state index in [9.17, 15) is 9.90 Å². The molecule has 0 amide bonds. The van der Waals surface area contributed by atoms with Crippen molar-refractivity contribution in [2.24, 2.45) is 0 Å². The maximum Gasteiger partial charge on any atom is 0.213 e. The first-order valence-electron chi connectivity index (χ1n) is 3.90. The minimum Gasteiger partial charge on any atom is -0.481 e. The maximum atomic E-state index is 10.1. The second-order valence-corrected chi connectivity index (χ2v) is 2.52. The predicted molar refractivity (Wildman–Crippen MR) is 46.4 cm³/mol. The first-order chi connectivity index (χ1) is 6.27. The highest BCUT2D eigenvalue weighted by Gasteiger charge is 2.08. The molecule has 1 aromatic rings. The molecule has 0 spiro atoms. The molecule has 0 bridgehead atoms. The Morgan fingerprint density at radius 1 is 1.69 bits per heavy atom. The smallest absolute Gasteiger partial charge is 0.213 e. The number of carbonyl (C=O) groups excluding carboxylic acids is 1. The van der Waals surface area contributed by atoms with Gasteiger partial charge < -0.3 is 14.6 Å². The van der Waals surface area contributed by atoms with Crippen LogP contribution < -0.4 is 4.74 Å².